The topological polar surface area (TPSA) is 58.6 Å². The van der Waals surface area contributed by atoms with Crippen LogP contribution in [0.5, 0.6) is 0 Å². The van der Waals surface area contributed by atoms with Gasteiger partial charge in [0.05, 0.1) is 13.2 Å². The molecule has 0 radical (unpaired) electrons. The summed E-state index contributed by atoms with van der Waals surface area (Å²) in [5.41, 5.74) is 0.669. The van der Waals surface area contributed by atoms with Crippen LogP contribution in [0.2, 0.25) is 0 Å². The van der Waals surface area contributed by atoms with Gasteiger partial charge in [-0.15, -0.1) is 0 Å². The lowest BCUT2D eigenvalue weighted by atomic mass is 10.1. The molecule has 1 saturated heterocycles. The average Bonchev–Trinajstić information content (AvgIpc) is 2.58. The molecule has 0 bridgehead atoms. The van der Waals surface area contributed by atoms with Crippen molar-refractivity contribution in [3.63, 3.8) is 0 Å². The van der Waals surface area contributed by atoms with E-state index in [0.29, 0.717) is 12.1 Å². The second-order valence-electron chi connectivity index (χ2n) is 5.45. The second kappa shape index (κ2) is 9.33. The summed E-state index contributed by atoms with van der Waals surface area (Å²) in [4.78, 5) is 26.0. The number of ether oxygens (including phenoxy) is 1. The van der Waals surface area contributed by atoms with Gasteiger partial charge in [-0.25, -0.2) is 0 Å². The molecule has 1 amide bonds. The Hall–Kier alpha value is -1.72. The van der Waals surface area contributed by atoms with Crippen LogP contribution >= 0.6 is 0 Å². The number of nitrogens with zero attached hydrogens (tertiary/aromatic N) is 1. The molecule has 22 heavy (non-hydrogen) atoms. The van der Waals surface area contributed by atoms with E-state index in [2.05, 4.69) is 10.2 Å². The highest BCUT2D eigenvalue weighted by Crippen LogP contribution is 2.05. The van der Waals surface area contributed by atoms with Crippen molar-refractivity contribution in [2.45, 2.75) is 19.3 Å². The summed E-state index contributed by atoms with van der Waals surface area (Å²) >= 11 is 0. The van der Waals surface area contributed by atoms with E-state index in [-0.39, 0.29) is 24.5 Å². The lowest BCUT2D eigenvalue weighted by Crippen LogP contribution is -2.38. The third kappa shape index (κ3) is 5.95. The molecule has 0 atom stereocenters. The van der Waals surface area contributed by atoms with Crippen molar-refractivity contribution in [1.82, 2.24) is 10.2 Å². The highest BCUT2D eigenvalue weighted by molar-refractivity contribution is 5.97. The molecule has 1 aromatic carbocycles. The fraction of sp³-hybridized carbons (Fsp3) is 0.529. The summed E-state index contributed by atoms with van der Waals surface area (Å²) in [6.07, 6.45) is 1.45. The summed E-state index contributed by atoms with van der Waals surface area (Å²) < 4.78 is 5.29. The van der Waals surface area contributed by atoms with Crippen LogP contribution in [-0.2, 0) is 9.53 Å². The zero-order valence-electron chi connectivity index (χ0n) is 12.9. The Bertz CT molecular complexity index is 470. The molecule has 0 aromatic heterocycles. The SMILES string of the molecule is O=C(CCC(=O)c1ccccc1)NCCCN1CCOCC1. The smallest absolute Gasteiger partial charge is 0.220 e. The van der Waals surface area contributed by atoms with E-state index in [1.807, 2.05) is 18.2 Å². The zero-order chi connectivity index (χ0) is 15.6. The van der Waals surface area contributed by atoms with Crippen LogP contribution in [0.1, 0.15) is 29.6 Å². The van der Waals surface area contributed by atoms with Crippen molar-refractivity contribution >= 4 is 11.7 Å². The van der Waals surface area contributed by atoms with Gasteiger partial charge in [0.15, 0.2) is 5.78 Å². The normalized spacial score (nSPS) is 15.5. The quantitative estimate of drug-likeness (QED) is 0.584. The number of amides is 1. The number of hydrogen-bond acceptors (Lipinski definition) is 4. The Morgan fingerprint density at radius 3 is 2.55 bits per heavy atom. The lowest BCUT2D eigenvalue weighted by Gasteiger charge is -2.26. The molecule has 0 aliphatic carbocycles. The first-order chi connectivity index (χ1) is 10.8. The van der Waals surface area contributed by atoms with E-state index >= 15 is 0 Å². The van der Waals surface area contributed by atoms with Gasteiger partial charge in [-0.1, -0.05) is 30.3 Å². The van der Waals surface area contributed by atoms with Gasteiger partial charge < -0.3 is 10.1 Å². The highest BCUT2D eigenvalue weighted by atomic mass is 16.5. The van der Waals surface area contributed by atoms with Crippen molar-refractivity contribution in [2.75, 3.05) is 39.4 Å². The van der Waals surface area contributed by atoms with Gasteiger partial charge in [-0.05, 0) is 13.0 Å². The second-order valence-corrected chi connectivity index (χ2v) is 5.45. The van der Waals surface area contributed by atoms with Gasteiger partial charge in [0, 0.05) is 38.0 Å². The first kappa shape index (κ1) is 16.6. The minimum atomic E-state index is -0.0498. The number of rotatable bonds is 8. The number of Topliss-reactive ketones (excluding diaryl/α,β-unsaturated/α-hetero) is 1. The largest absolute Gasteiger partial charge is 0.379 e. The van der Waals surface area contributed by atoms with Crippen LogP contribution < -0.4 is 5.32 Å². The maximum atomic E-state index is 11.9. The Morgan fingerprint density at radius 1 is 1.09 bits per heavy atom. The van der Waals surface area contributed by atoms with Crippen molar-refractivity contribution in [3.05, 3.63) is 35.9 Å². The van der Waals surface area contributed by atoms with E-state index in [0.717, 1.165) is 39.3 Å². The molecule has 1 aliphatic rings. The van der Waals surface area contributed by atoms with E-state index < -0.39 is 0 Å². The predicted molar refractivity (Wildman–Crippen MR) is 84.9 cm³/mol. The third-order valence-corrected chi connectivity index (χ3v) is 3.75. The standard InChI is InChI=1S/C17H24N2O3/c20-16(15-5-2-1-3-6-15)7-8-17(21)18-9-4-10-19-11-13-22-14-12-19/h1-3,5-6H,4,7-14H2,(H,18,21). The molecule has 5 heteroatoms. The fourth-order valence-corrected chi connectivity index (χ4v) is 2.44. The number of nitrogens with one attached hydrogen (secondary N) is 1. The first-order valence-electron chi connectivity index (χ1n) is 7.91. The monoisotopic (exact) mass is 304 g/mol. The van der Waals surface area contributed by atoms with Gasteiger partial charge in [0.1, 0.15) is 0 Å². The van der Waals surface area contributed by atoms with Gasteiger partial charge in [-0.2, -0.15) is 0 Å². The van der Waals surface area contributed by atoms with Gasteiger partial charge in [-0.3, -0.25) is 14.5 Å². The summed E-state index contributed by atoms with van der Waals surface area (Å²) in [7, 11) is 0. The Kier molecular flexibility index (Phi) is 7.06. The minimum Gasteiger partial charge on any atom is -0.379 e. The summed E-state index contributed by atoms with van der Waals surface area (Å²) in [6, 6.07) is 9.10. The molecule has 1 N–H and O–H groups in total. The Morgan fingerprint density at radius 2 is 1.82 bits per heavy atom. The molecular weight excluding hydrogens is 280 g/mol. The van der Waals surface area contributed by atoms with Gasteiger partial charge in [0.2, 0.25) is 5.91 Å². The van der Waals surface area contributed by atoms with Crippen molar-refractivity contribution < 1.29 is 14.3 Å². The summed E-state index contributed by atoms with van der Waals surface area (Å²) in [5, 5.41) is 2.88. The zero-order valence-corrected chi connectivity index (χ0v) is 12.9. The van der Waals surface area contributed by atoms with E-state index in [1.165, 1.54) is 0 Å². The van der Waals surface area contributed by atoms with Gasteiger partial charge >= 0.3 is 0 Å². The molecule has 0 unspecified atom stereocenters. The molecule has 1 aromatic rings. The number of carbonyl (C=O) groups is 2. The van der Waals surface area contributed by atoms with Crippen LogP contribution in [0.25, 0.3) is 0 Å². The molecule has 1 heterocycles. The van der Waals surface area contributed by atoms with Crippen LogP contribution in [-0.4, -0.2) is 56.0 Å². The molecule has 0 spiro atoms. The molecule has 1 fully saturated rings. The van der Waals surface area contributed by atoms with E-state index in [1.54, 1.807) is 12.1 Å². The van der Waals surface area contributed by atoms with E-state index in [9.17, 15) is 9.59 Å². The van der Waals surface area contributed by atoms with E-state index in [4.69, 9.17) is 4.74 Å². The average molecular weight is 304 g/mol. The molecule has 1 aliphatic heterocycles. The maximum Gasteiger partial charge on any atom is 0.220 e. The molecule has 0 saturated carbocycles. The molecule has 2 rings (SSSR count). The third-order valence-electron chi connectivity index (χ3n) is 3.75. The Balaban J connectivity index is 1.55. The Labute approximate surface area is 131 Å². The summed E-state index contributed by atoms with van der Waals surface area (Å²) in [6.45, 7) is 5.18. The lowest BCUT2D eigenvalue weighted by molar-refractivity contribution is -0.121. The number of carbonyl (C=O) groups excluding carboxylic acids is 2. The molecular formula is C17H24N2O3. The number of ketones is 1. The number of morpholine rings is 1. The number of benzene rings is 1. The first-order valence-corrected chi connectivity index (χ1v) is 7.91. The van der Waals surface area contributed by atoms with Crippen LogP contribution in [0.3, 0.4) is 0 Å². The summed E-state index contributed by atoms with van der Waals surface area (Å²) in [5.74, 6) is -0.0321. The highest BCUT2D eigenvalue weighted by Gasteiger charge is 2.10. The van der Waals surface area contributed by atoms with Gasteiger partial charge in [0.25, 0.3) is 0 Å². The van der Waals surface area contributed by atoms with Crippen LogP contribution in [0, 0.1) is 0 Å². The minimum absolute atomic E-state index is 0.0177. The van der Waals surface area contributed by atoms with Crippen molar-refractivity contribution in [3.8, 4) is 0 Å². The predicted octanol–water partition coefficient (Wildman–Crippen LogP) is 1.49. The fourth-order valence-electron chi connectivity index (χ4n) is 2.44. The maximum absolute atomic E-state index is 11.9. The van der Waals surface area contributed by atoms with Crippen molar-refractivity contribution in [2.24, 2.45) is 0 Å². The van der Waals surface area contributed by atoms with Crippen LogP contribution in [0.15, 0.2) is 30.3 Å². The van der Waals surface area contributed by atoms with Crippen molar-refractivity contribution in [1.29, 1.82) is 0 Å². The van der Waals surface area contributed by atoms with Crippen LogP contribution in [0.4, 0.5) is 0 Å². The molecule has 5 nitrogen and oxygen atoms in total. The molecule has 120 valence electrons. The number of hydrogen-bond donors (Lipinski definition) is 1.